The molecule has 0 bridgehead atoms. The van der Waals surface area contributed by atoms with Gasteiger partial charge in [0, 0.05) is 23.8 Å². The molecular formula is C21H19N5O2S. The Labute approximate surface area is 172 Å². The molecule has 0 saturated carbocycles. The summed E-state index contributed by atoms with van der Waals surface area (Å²) in [5.41, 5.74) is 3.95. The van der Waals surface area contributed by atoms with Crippen LogP contribution in [0.4, 0.5) is 5.82 Å². The van der Waals surface area contributed by atoms with E-state index in [2.05, 4.69) is 9.97 Å². The highest BCUT2D eigenvalue weighted by atomic mass is 32.2. The third-order valence-electron chi connectivity index (χ3n) is 4.57. The molecule has 0 aliphatic carbocycles. The highest BCUT2D eigenvalue weighted by Crippen LogP contribution is 2.32. The van der Waals surface area contributed by atoms with Crippen molar-refractivity contribution in [3.05, 3.63) is 82.8 Å². The number of hydrogen-bond acceptors (Lipinski definition) is 5. The number of thioether (sulfide) groups is 1. The number of hydrogen-bond donors (Lipinski definition) is 1. The molecule has 4 rings (SSSR count). The van der Waals surface area contributed by atoms with Crippen LogP contribution >= 0.6 is 11.8 Å². The topological polar surface area (TPSA) is 89.6 Å². The average molecular weight is 405 g/mol. The minimum absolute atomic E-state index is 0.0116. The molecule has 0 spiro atoms. The predicted octanol–water partition coefficient (Wildman–Crippen LogP) is 4.95. The molecular weight excluding hydrogens is 386 g/mol. The van der Waals surface area contributed by atoms with Gasteiger partial charge in [-0.3, -0.25) is 0 Å². The number of nitro groups is 1. The van der Waals surface area contributed by atoms with E-state index in [1.54, 1.807) is 11.5 Å². The van der Waals surface area contributed by atoms with E-state index < -0.39 is 4.92 Å². The van der Waals surface area contributed by atoms with E-state index in [4.69, 9.17) is 4.98 Å². The summed E-state index contributed by atoms with van der Waals surface area (Å²) in [6.07, 6.45) is 1.30. The molecule has 0 saturated heterocycles. The summed E-state index contributed by atoms with van der Waals surface area (Å²) in [5.74, 6) is 1.28. The first-order valence-electron chi connectivity index (χ1n) is 9.13. The second kappa shape index (κ2) is 8.32. The molecule has 2 aromatic carbocycles. The standard InChI is InChI=1S/C21H19N5O2S/c1-15-22-14-18(26(27)28)25(15)12-13-29-21-23-19(16-8-4-2-5-9-16)20(24-21)17-10-6-3-7-11-17/h2-11,14H,12-13H2,1H3,(H,23,24). The summed E-state index contributed by atoms with van der Waals surface area (Å²) in [6.45, 7) is 2.25. The zero-order valence-electron chi connectivity index (χ0n) is 15.8. The Morgan fingerprint density at radius 1 is 1.07 bits per heavy atom. The normalized spacial score (nSPS) is 10.9. The van der Waals surface area contributed by atoms with Crippen LogP contribution in [0.5, 0.6) is 0 Å². The smallest absolute Gasteiger partial charge is 0.342 e. The lowest BCUT2D eigenvalue weighted by Gasteiger charge is -2.02. The summed E-state index contributed by atoms with van der Waals surface area (Å²) >= 11 is 1.53. The van der Waals surface area contributed by atoms with Gasteiger partial charge in [-0.1, -0.05) is 72.4 Å². The van der Waals surface area contributed by atoms with Gasteiger partial charge in [0.1, 0.15) is 12.7 Å². The van der Waals surface area contributed by atoms with Crippen LogP contribution in [-0.4, -0.2) is 30.2 Å². The highest BCUT2D eigenvalue weighted by Gasteiger charge is 2.18. The fourth-order valence-corrected chi connectivity index (χ4v) is 3.95. The SMILES string of the molecule is Cc1ncc([N+](=O)[O-])n1CCSc1nc(-c2ccccc2)c(-c2ccccc2)[nH]1. The summed E-state index contributed by atoms with van der Waals surface area (Å²) in [7, 11) is 0. The van der Waals surface area contributed by atoms with Crippen molar-refractivity contribution in [1.29, 1.82) is 0 Å². The van der Waals surface area contributed by atoms with Gasteiger partial charge < -0.3 is 15.1 Å². The highest BCUT2D eigenvalue weighted by molar-refractivity contribution is 7.99. The molecule has 4 aromatic rings. The molecule has 8 heteroatoms. The molecule has 0 amide bonds. The third-order valence-corrected chi connectivity index (χ3v) is 5.42. The van der Waals surface area contributed by atoms with Crippen molar-refractivity contribution >= 4 is 17.6 Å². The second-order valence-corrected chi connectivity index (χ2v) is 7.50. The van der Waals surface area contributed by atoms with Crippen LogP contribution in [0.25, 0.3) is 22.5 Å². The van der Waals surface area contributed by atoms with E-state index in [0.29, 0.717) is 18.1 Å². The van der Waals surface area contributed by atoms with Gasteiger partial charge in [-0.2, -0.15) is 0 Å². The fraction of sp³-hybridized carbons (Fsp3) is 0.143. The van der Waals surface area contributed by atoms with E-state index in [1.165, 1.54) is 18.0 Å². The van der Waals surface area contributed by atoms with Gasteiger partial charge in [0.05, 0.1) is 11.4 Å². The van der Waals surface area contributed by atoms with Crippen molar-refractivity contribution in [3.8, 4) is 22.5 Å². The van der Waals surface area contributed by atoms with Crippen LogP contribution in [0.15, 0.2) is 72.0 Å². The molecule has 29 heavy (non-hydrogen) atoms. The monoisotopic (exact) mass is 405 g/mol. The number of aromatic amines is 1. The van der Waals surface area contributed by atoms with Crippen molar-refractivity contribution in [2.75, 3.05) is 5.75 Å². The second-order valence-electron chi connectivity index (χ2n) is 6.42. The van der Waals surface area contributed by atoms with Gasteiger partial charge >= 0.3 is 5.82 Å². The summed E-state index contributed by atoms with van der Waals surface area (Å²) in [5, 5.41) is 11.9. The first kappa shape index (κ1) is 18.9. The Hall–Kier alpha value is -3.39. The number of nitrogens with zero attached hydrogens (tertiary/aromatic N) is 4. The number of nitrogens with one attached hydrogen (secondary N) is 1. The number of aromatic nitrogens is 4. The summed E-state index contributed by atoms with van der Waals surface area (Å²) in [4.78, 5) is 23.0. The molecule has 1 N–H and O–H groups in total. The van der Waals surface area contributed by atoms with E-state index in [9.17, 15) is 10.1 Å². The van der Waals surface area contributed by atoms with Crippen LogP contribution < -0.4 is 0 Å². The Balaban J connectivity index is 1.58. The van der Waals surface area contributed by atoms with Gasteiger partial charge in [0.2, 0.25) is 0 Å². The maximum atomic E-state index is 11.1. The molecule has 0 radical (unpaired) electrons. The minimum atomic E-state index is -0.404. The van der Waals surface area contributed by atoms with Crippen molar-refractivity contribution < 1.29 is 4.92 Å². The summed E-state index contributed by atoms with van der Waals surface area (Å²) < 4.78 is 1.62. The molecule has 146 valence electrons. The van der Waals surface area contributed by atoms with Crippen LogP contribution in [0.1, 0.15) is 5.82 Å². The first-order valence-corrected chi connectivity index (χ1v) is 10.1. The fourth-order valence-electron chi connectivity index (χ4n) is 3.15. The molecule has 2 aromatic heterocycles. The van der Waals surface area contributed by atoms with Gasteiger partial charge in [0.25, 0.3) is 0 Å². The molecule has 0 unspecified atom stereocenters. The molecule has 2 heterocycles. The number of benzene rings is 2. The summed E-state index contributed by atoms with van der Waals surface area (Å²) in [6, 6.07) is 20.1. The van der Waals surface area contributed by atoms with Crippen LogP contribution in [0.3, 0.4) is 0 Å². The van der Waals surface area contributed by atoms with Crippen LogP contribution in [0, 0.1) is 17.0 Å². The Morgan fingerprint density at radius 3 is 2.38 bits per heavy atom. The van der Waals surface area contributed by atoms with Crippen molar-refractivity contribution in [2.45, 2.75) is 18.6 Å². The predicted molar refractivity (Wildman–Crippen MR) is 114 cm³/mol. The Morgan fingerprint density at radius 2 is 1.72 bits per heavy atom. The number of aryl methyl sites for hydroxylation is 1. The van der Waals surface area contributed by atoms with Crippen molar-refractivity contribution in [1.82, 2.24) is 19.5 Å². The maximum Gasteiger partial charge on any atom is 0.342 e. The zero-order chi connectivity index (χ0) is 20.2. The molecule has 7 nitrogen and oxygen atoms in total. The van der Waals surface area contributed by atoms with Crippen molar-refractivity contribution in [3.63, 3.8) is 0 Å². The minimum Gasteiger partial charge on any atom is -0.358 e. The zero-order valence-corrected chi connectivity index (χ0v) is 16.6. The average Bonchev–Trinajstić information content (AvgIpc) is 3.34. The van der Waals surface area contributed by atoms with E-state index in [-0.39, 0.29) is 5.82 Å². The van der Waals surface area contributed by atoms with Gasteiger partial charge in [-0.15, -0.1) is 0 Å². The molecule has 0 aliphatic rings. The lowest BCUT2D eigenvalue weighted by atomic mass is 10.1. The van der Waals surface area contributed by atoms with Crippen molar-refractivity contribution in [2.24, 2.45) is 0 Å². The quantitative estimate of drug-likeness (QED) is 0.267. The third kappa shape index (κ3) is 4.07. The Kier molecular flexibility index (Phi) is 5.44. The largest absolute Gasteiger partial charge is 0.358 e. The number of H-pyrrole nitrogens is 1. The van der Waals surface area contributed by atoms with Gasteiger partial charge in [-0.05, 0) is 4.92 Å². The Bertz CT molecular complexity index is 1070. The molecule has 0 fully saturated rings. The van der Waals surface area contributed by atoms with E-state index in [1.807, 2.05) is 60.7 Å². The molecule has 0 atom stereocenters. The lowest BCUT2D eigenvalue weighted by molar-refractivity contribution is -0.392. The van der Waals surface area contributed by atoms with Crippen LogP contribution in [0.2, 0.25) is 0 Å². The van der Waals surface area contributed by atoms with Crippen LogP contribution in [-0.2, 0) is 6.54 Å². The first-order chi connectivity index (χ1) is 14.1. The van der Waals surface area contributed by atoms with Gasteiger partial charge in [0.15, 0.2) is 11.0 Å². The van der Waals surface area contributed by atoms with E-state index >= 15 is 0 Å². The van der Waals surface area contributed by atoms with Gasteiger partial charge in [-0.25, -0.2) is 14.5 Å². The maximum absolute atomic E-state index is 11.1. The lowest BCUT2D eigenvalue weighted by Crippen LogP contribution is -2.06. The van der Waals surface area contributed by atoms with E-state index in [0.717, 1.165) is 27.7 Å². The molecule has 0 aliphatic heterocycles. The number of imidazole rings is 2. The number of rotatable bonds is 7.